The minimum atomic E-state index is 0.0147. The molecule has 0 heterocycles. The summed E-state index contributed by atoms with van der Waals surface area (Å²) in [6.07, 6.45) is 44.5. The van der Waals surface area contributed by atoms with E-state index >= 15 is 0 Å². The summed E-state index contributed by atoms with van der Waals surface area (Å²) in [5, 5.41) is 0. The SMILES string of the molecule is C#Cc1c2c(c(C#Cc3cc(OCCCCCCCCCCCCCCCC)ccc3OCCCCCCCCCCCCCCCC)c3c1C1c4ccccc4C3c3ccccc31)C1c3ccccc3C2c2ccccc21. The first-order valence-corrected chi connectivity index (χ1v) is 31.7. The summed E-state index contributed by atoms with van der Waals surface area (Å²) in [7, 11) is 0. The van der Waals surface area contributed by atoms with Crippen LogP contribution < -0.4 is 9.47 Å². The number of benzene rings is 6. The summed E-state index contributed by atoms with van der Waals surface area (Å²) >= 11 is 0. The van der Waals surface area contributed by atoms with Crippen molar-refractivity contribution in [1.82, 2.24) is 0 Å². The zero-order valence-corrected chi connectivity index (χ0v) is 47.9. The van der Waals surface area contributed by atoms with Gasteiger partial charge in [-0.2, -0.15) is 0 Å². The van der Waals surface area contributed by atoms with Gasteiger partial charge in [-0.3, -0.25) is 0 Å². The molecule has 2 heteroatoms. The highest BCUT2D eigenvalue weighted by Gasteiger charge is 2.50. The Bertz CT molecular complexity index is 2800. The Balaban J connectivity index is 0.908. The minimum Gasteiger partial charge on any atom is -0.494 e. The van der Waals surface area contributed by atoms with Crippen LogP contribution in [0.2, 0.25) is 0 Å². The van der Waals surface area contributed by atoms with E-state index in [9.17, 15) is 0 Å². The molecule has 0 aromatic heterocycles. The van der Waals surface area contributed by atoms with Crippen molar-refractivity contribution in [3.8, 4) is 35.7 Å². The minimum absolute atomic E-state index is 0.0147. The Labute approximate surface area is 472 Å². The Hall–Kier alpha value is -5.96. The quantitative estimate of drug-likeness (QED) is 0.0309. The topological polar surface area (TPSA) is 18.5 Å². The fraction of sp³-hybridized carbons (Fsp3) is 0.474. The summed E-state index contributed by atoms with van der Waals surface area (Å²) in [6.45, 7) is 6.00. The molecule has 6 aliphatic rings. The molecule has 78 heavy (non-hydrogen) atoms. The van der Waals surface area contributed by atoms with E-state index in [1.54, 1.807) is 0 Å². The van der Waals surface area contributed by atoms with E-state index in [1.165, 1.54) is 234 Å². The second kappa shape index (κ2) is 28.3. The van der Waals surface area contributed by atoms with Gasteiger partial charge >= 0.3 is 0 Å². The molecular formula is C76H90O2. The van der Waals surface area contributed by atoms with E-state index in [4.69, 9.17) is 15.9 Å². The Morgan fingerprint density at radius 1 is 0.333 bits per heavy atom. The van der Waals surface area contributed by atoms with Crippen LogP contribution in [0.25, 0.3) is 0 Å². The number of terminal acetylenes is 1. The van der Waals surface area contributed by atoms with Crippen LogP contribution in [0.4, 0.5) is 0 Å². The van der Waals surface area contributed by atoms with Crippen molar-refractivity contribution >= 4 is 0 Å². The molecule has 12 rings (SSSR count). The van der Waals surface area contributed by atoms with E-state index in [0.29, 0.717) is 13.2 Å². The first-order valence-electron chi connectivity index (χ1n) is 31.7. The second-order valence-electron chi connectivity index (χ2n) is 23.6. The van der Waals surface area contributed by atoms with Crippen molar-refractivity contribution in [2.75, 3.05) is 13.2 Å². The third kappa shape index (κ3) is 12.4. The predicted octanol–water partition coefficient (Wildman–Crippen LogP) is 20.8. The molecule has 0 unspecified atom stereocenters. The van der Waals surface area contributed by atoms with Gasteiger partial charge in [0.25, 0.3) is 0 Å². The maximum absolute atomic E-state index is 6.92. The Morgan fingerprint density at radius 3 is 0.949 bits per heavy atom. The molecule has 0 N–H and O–H groups in total. The molecule has 0 fully saturated rings. The van der Waals surface area contributed by atoms with Gasteiger partial charge in [-0.1, -0.05) is 296 Å². The average Bonchev–Trinajstić information content (AvgIpc) is 1.91. The first kappa shape index (κ1) is 55.4. The monoisotopic (exact) mass is 1030 g/mol. The van der Waals surface area contributed by atoms with Crippen molar-refractivity contribution in [2.24, 2.45) is 0 Å². The molecule has 4 bridgehead atoms. The van der Waals surface area contributed by atoms with E-state index in [1.807, 2.05) is 0 Å². The molecule has 2 nitrogen and oxygen atoms in total. The molecule has 0 radical (unpaired) electrons. The lowest BCUT2D eigenvalue weighted by Crippen LogP contribution is -2.35. The molecule has 0 spiro atoms. The van der Waals surface area contributed by atoms with Gasteiger partial charge in [-0.05, 0) is 97.8 Å². The Morgan fingerprint density at radius 2 is 0.628 bits per heavy atom. The van der Waals surface area contributed by atoms with Gasteiger partial charge in [-0.25, -0.2) is 0 Å². The number of rotatable bonds is 32. The summed E-state index contributed by atoms with van der Waals surface area (Å²) in [5.74, 6) is 13.1. The maximum atomic E-state index is 6.92. The molecule has 6 aromatic rings. The van der Waals surface area contributed by atoms with Crippen LogP contribution in [0, 0.1) is 24.2 Å². The normalized spacial score (nSPS) is 16.5. The molecule has 0 aliphatic heterocycles. The van der Waals surface area contributed by atoms with Crippen molar-refractivity contribution < 1.29 is 9.47 Å². The number of hydrogen-bond donors (Lipinski definition) is 0. The summed E-state index contributed by atoms with van der Waals surface area (Å²) in [6, 6.07) is 42.9. The molecule has 406 valence electrons. The average molecular weight is 1040 g/mol. The van der Waals surface area contributed by atoms with Gasteiger partial charge in [0.2, 0.25) is 0 Å². The van der Waals surface area contributed by atoms with Crippen LogP contribution in [-0.2, 0) is 0 Å². The van der Waals surface area contributed by atoms with Crippen LogP contribution in [0.15, 0.2) is 115 Å². The van der Waals surface area contributed by atoms with Crippen molar-refractivity contribution in [2.45, 2.75) is 217 Å². The zero-order chi connectivity index (χ0) is 53.3. The standard InChI is InChI=1S/C76H90O2/c1-4-7-9-11-13-15-17-19-21-23-25-27-29-39-53-77-57-50-52-68(78-54-40-30-28-26-24-22-20-18-16-14-12-10-8-5-2)56(55-57)49-51-67-75-71-63-45-35-31-41-59(63)69(60-42-32-36-46-64(60)71)73(75)58(6-3)74-70-61-43-33-37-47-65(61)72(76(67)74)66-48-38-34-44-62(66)70/h3,31-38,41-48,50,52,55,69-72H,4-5,7-30,39-40,53-54H2,1-2H3. The first-order chi connectivity index (χ1) is 38.7. The molecular weight excluding hydrogens is 945 g/mol. The number of ether oxygens (including phenoxy) is 2. The fourth-order valence-corrected chi connectivity index (χ4v) is 14.3. The van der Waals surface area contributed by atoms with Crippen LogP contribution in [0.3, 0.4) is 0 Å². The lowest BCUT2D eigenvalue weighted by Gasteiger charge is -2.48. The van der Waals surface area contributed by atoms with E-state index < -0.39 is 0 Å². The third-order valence-electron chi connectivity index (χ3n) is 18.2. The van der Waals surface area contributed by atoms with Gasteiger partial charge < -0.3 is 9.47 Å². The van der Waals surface area contributed by atoms with Crippen molar-refractivity contribution in [1.29, 1.82) is 0 Å². The third-order valence-corrected chi connectivity index (χ3v) is 18.2. The summed E-state index contributed by atoms with van der Waals surface area (Å²) < 4.78 is 13.4. The predicted molar refractivity (Wildman–Crippen MR) is 328 cm³/mol. The highest BCUT2D eigenvalue weighted by molar-refractivity contribution is 5.82. The van der Waals surface area contributed by atoms with Gasteiger partial charge in [0.15, 0.2) is 0 Å². The van der Waals surface area contributed by atoms with Gasteiger partial charge in [-0.15, -0.1) is 6.42 Å². The van der Waals surface area contributed by atoms with Gasteiger partial charge in [0.1, 0.15) is 11.5 Å². The van der Waals surface area contributed by atoms with E-state index in [2.05, 4.69) is 147 Å². The van der Waals surface area contributed by atoms with Crippen molar-refractivity contribution in [3.05, 3.63) is 199 Å². The molecule has 0 atom stereocenters. The molecule has 6 aromatic carbocycles. The van der Waals surface area contributed by atoms with Gasteiger partial charge in [0.05, 0.1) is 18.8 Å². The number of unbranched alkanes of at least 4 members (excludes halogenated alkanes) is 26. The zero-order valence-electron chi connectivity index (χ0n) is 47.9. The number of hydrogen-bond acceptors (Lipinski definition) is 2. The van der Waals surface area contributed by atoms with Gasteiger partial charge in [0, 0.05) is 34.8 Å². The van der Waals surface area contributed by atoms with Crippen LogP contribution in [0.1, 0.15) is 301 Å². The highest BCUT2D eigenvalue weighted by Crippen LogP contribution is 2.64. The Kier molecular flexibility index (Phi) is 20.1. The lowest BCUT2D eigenvalue weighted by molar-refractivity contribution is 0.295. The van der Waals surface area contributed by atoms with Crippen LogP contribution >= 0.6 is 0 Å². The second-order valence-corrected chi connectivity index (χ2v) is 23.6. The highest BCUT2D eigenvalue weighted by atomic mass is 16.5. The maximum Gasteiger partial charge on any atom is 0.135 e. The van der Waals surface area contributed by atoms with Crippen LogP contribution in [0.5, 0.6) is 11.5 Å². The smallest absolute Gasteiger partial charge is 0.135 e. The molecule has 0 saturated heterocycles. The largest absolute Gasteiger partial charge is 0.494 e. The summed E-state index contributed by atoms with van der Waals surface area (Å²) in [4.78, 5) is 0. The summed E-state index contributed by atoms with van der Waals surface area (Å²) in [5.41, 5.74) is 19.2. The van der Waals surface area contributed by atoms with E-state index in [0.717, 1.165) is 41.0 Å². The molecule has 0 amide bonds. The fourth-order valence-electron chi connectivity index (χ4n) is 14.3. The van der Waals surface area contributed by atoms with Crippen molar-refractivity contribution in [3.63, 3.8) is 0 Å². The van der Waals surface area contributed by atoms with Crippen LogP contribution in [-0.4, -0.2) is 13.2 Å². The molecule has 6 aliphatic carbocycles. The van der Waals surface area contributed by atoms with E-state index in [-0.39, 0.29) is 23.7 Å². The molecule has 0 saturated carbocycles. The lowest BCUT2D eigenvalue weighted by atomic mass is 9.53.